The van der Waals surface area contributed by atoms with Crippen LogP contribution in [-0.4, -0.2) is 55.7 Å². The van der Waals surface area contributed by atoms with Crippen LogP contribution in [0.1, 0.15) is 38.5 Å². The summed E-state index contributed by atoms with van der Waals surface area (Å²) in [5, 5.41) is 12.4. The van der Waals surface area contributed by atoms with Gasteiger partial charge >= 0.3 is 0 Å². The Morgan fingerprint density at radius 2 is 2.00 bits per heavy atom. The lowest BCUT2D eigenvalue weighted by molar-refractivity contribution is -0.124. The minimum Gasteiger partial charge on any atom is -0.396 e. The van der Waals surface area contributed by atoms with Crippen molar-refractivity contribution in [3.05, 3.63) is 0 Å². The standard InChI is InChI=1S/C13H24N2O4S/c1-20(18,19)15-8-4-5-11(15)12(17)14-9-13(10-16)6-2-3-7-13/h11,16H,2-10H2,1H3,(H,14,17). The van der Waals surface area contributed by atoms with Gasteiger partial charge in [0.05, 0.1) is 12.9 Å². The SMILES string of the molecule is CS(=O)(=O)N1CCCC1C(=O)NCC1(CO)CCCC1. The Balaban J connectivity index is 1.95. The number of aliphatic hydroxyl groups excluding tert-OH is 1. The van der Waals surface area contributed by atoms with Crippen LogP contribution < -0.4 is 5.32 Å². The van der Waals surface area contributed by atoms with Crippen LogP contribution in [0.25, 0.3) is 0 Å². The van der Waals surface area contributed by atoms with Crippen LogP contribution in [0.4, 0.5) is 0 Å². The van der Waals surface area contributed by atoms with E-state index in [1.165, 1.54) is 4.31 Å². The number of aliphatic hydroxyl groups is 1. The minimum absolute atomic E-state index is 0.0771. The van der Waals surface area contributed by atoms with Gasteiger partial charge in [0.15, 0.2) is 0 Å². The van der Waals surface area contributed by atoms with E-state index in [4.69, 9.17) is 0 Å². The van der Waals surface area contributed by atoms with Crippen LogP contribution in [0.2, 0.25) is 0 Å². The molecule has 2 N–H and O–H groups in total. The number of carbonyl (C=O) groups excluding carboxylic acids is 1. The molecule has 1 unspecified atom stereocenters. The molecular formula is C13H24N2O4S. The second-order valence-electron chi connectivity index (χ2n) is 6.11. The summed E-state index contributed by atoms with van der Waals surface area (Å²) in [6, 6.07) is -0.581. The number of nitrogens with one attached hydrogen (secondary N) is 1. The lowest BCUT2D eigenvalue weighted by Gasteiger charge is -2.28. The first kappa shape index (κ1) is 15.7. The second-order valence-corrected chi connectivity index (χ2v) is 8.05. The van der Waals surface area contributed by atoms with Crippen molar-refractivity contribution in [1.29, 1.82) is 0 Å². The predicted molar refractivity (Wildman–Crippen MR) is 75.6 cm³/mol. The van der Waals surface area contributed by atoms with Gasteiger partial charge in [-0.25, -0.2) is 8.42 Å². The molecule has 1 saturated heterocycles. The first-order chi connectivity index (χ1) is 9.38. The summed E-state index contributed by atoms with van der Waals surface area (Å²) in [6.07, 6.45) is 6.44. The van der Waals surface area contributed by atoms with Gasteiger partial charge in [-0.05, 0) is 25.7 Å². The fraction of sp³-hybridized carbons (Fsp3) is 0.923. The first-order valence-corrected chi connectivity index (χ1v) is 9.08. The van der Waals surface area contributed by atoms with Crippen molar-refractivity contribution in [3.63, 3.8) is 0 Å². The van der Waals surface area contributed by atoms with E-state index >= 15 is 0 Å². The topological polar surface area (TPSA) is 86.7 Å². The highest BCUT2D eigenvalue weighted by Crippen LogP contribution is 2.37. The van der Waals surface area contributed by atoms with Crippen molar-refractivity contribution in [1.82, 2.24) is 9.62 Å². The maximum absolute atomic E-state index is 12.2. The van der Waals surface area contributed by atoms with Gasteiger partial charge < -0.3 is 10.4 Å². The zero-order valence-electron chi connectivity index (χ0n) is 12.0. The maximum atomic E-state index is 12.2. The summed E-state index contributed by atoms with van der Waals surface area (Å²) in [6.45, 7) is 0.937. The van der Waals surface area contributed by atoms with Crippen LogP contribution in [0.5, 0.6) is 0 Å². The normalized spacial score (nSPS) is 26.8. The molecule has 1 aliphatic carbocycles. The fourth-order valence-electron chi connectivity index (χ4n) is 3.31. The van der Waals surface area contributed by atoms with Crippen LogP contribution in [-0.2, 0) is 14.8 Å². The van der Waals surface area contributed by atoms with Crippen molar-refractivity contribution in [2.24, 2.45) is 5.41 Å². The van der Waals surface area contributed by atoms with E-state index < -0.39 is 16.1 Å². The van der Waals surface area contributed by atoms with Crippen molar-refractivity contribution < 1.29 is 18.3 Å². The molecule has 1 heterocycles. The van der Waals surface area contributed by atoms with Gasteiger partial charge in [0.1, 0.15) is 6.04 Å². The number of hydrogen-bond acceptors (Lipinski definition) is 4. The van der Waals surface area contributed by atoms with Gasteiger partial charge in [-0.1, -0.05) is 12.8 Å². The average Bonchev–Trinajstić information content (AvgIpc) is 3.05. The number of sulfonamides is 1. The minimum atomic E-state index is -3.33. The van der Waals surface area contributed by atoms with E-state index in [9.17, 15) is 18.3 Å². The zero-order chi connectivity index (χ0) is 14.8. The summed E-state index contributed by atoms with van der Waals surface area (Å²) in [7, 11) is -3.33. The molecule has 0 aromatic rings. The molecule has 1 aliphatic heterocycles. The predicted octanol–water partition coefficient (Wildman–Crippen LogP) is 0.0793. The molecule has 116 valence electrons. The molecule has 6 nitrogen and oxygen atoms in total. The lowest BCUT2D eigenvalue weighted by atomic mass is 9.87. The van der Waals surface area contributed by atoms with E-state index in [1.807, 2.05) is 0 Å². The third kappa shape index (κ3) is 3.32. The Labute approximate surface area is 120 Å². The molecule has 0 spiro atoms. The van der Waals surface area contributed by atoms with Crippen LogP contribution in [0.15, 0.2) is 0 Å². The zero-order valence-corrected chi connectivity index (χ0v) is 12.8. The molecule has 0 aromatic carbocycles. The molecule has 0 bridgehead atoms. The molecule has 1 atom stereocenters. The molecule has 1 amide bonds. The number of hydrogen-bond donors (Lipinski definition) is 2. The van der Waals surface area contributed by atoms with Crippen LogP contribution in [0, 0.1) is 5.41 Å². The van der Waals surface area contributed by atoms with Gasteiger partial charge in [-0.3, -0.25) is 4.79 Å². The summed E-state index contributed by atoms with van der Waals surface area (Å²) in [5.41, 5.74) is -0.204. The van der Waals surface area contributed by atoms with Crippen molar-refractivity contribution in [3.8, 4) is 0 Å². The monoisotopic (exact) mass is 304 g/mol. The second kappa shape index (κ2) is 5.99. The van der Waals surface area contributed by atoms with Crippen LogP contribution >= 0.6 is 0 Å². The van der Waals surface area contributed by atoms with Gasteiger partial charge in [0.25, 0.3) is 0 Å². The van der Waals surface area contributed by atoms with E-state index in [0.717, 1.165) is 38.4 Å². The van der Waals surface area contributed by atoms with Gasteiger partial charge in [0, 0.05) is 18.5 Å². The average molecular weight is 304 g/mol. The lowest BCUT2D eigenvalue weighted by Crippen LogP contribution is -2.48. The molecule has 2 aliphatic rings. The molecule has 2 rings (SSSR count). The molecule has 20 heavy (non-hydrogen) atoms. The fourth-order valence-corrected chi connectivity index (χ4v) is 4.43. The van der Waals surface area contributed by atoms with Crippen LogP contribution in [0.3, 0.4) is 0 Å². The summed E-state index contributed by atoms with van der Waals surface area (Å²) in [4.78, 5) is 12.2. The third-order valence-electron chi connectivity index (χ3n) is 4.57. The number of amides is 1. The van der Waals surface area contributed by atoms with Crippen molar-refractivity contribution >= 4 is 15.9 Å². The summed E-state index contributed by atoms with van der Waals surface area (Å²) >= 11 is 0. The largest absolute Gasteiger partial charge is 0.396 e. The number of nitrogens with zero attached hydrogens (tertiary/aromatic N) is 1. The van der Waals surface area contributed by atoms with Gasteiger partial charge in [0.2, 0.25) is 15.9 Å². The molecule has 2 fully saturated rings. The van der Waals surface area contributed by atoms with Gasteiger partial charge in [-0.15, -0.1) is 0 Å². The van der Waals surface area contributed by atoms with E-state index in [1.54, 1.807) is 0 Å². The highest BCUT2D eigenvalue weighted by atomic mass is 32.2. The van der Waals surface area contributed by atoms with Gasteiger partial charge in [-0.2, -0.15) is 4.31 Å². The first-order valence-electron chi connectivity index (χ1n) is 7.23. The van der Waals surface area contributed by atoms with Crippen molar-refractivity contribution in [2.45, 2.75) is 44.6 Å². The Kier molecular flexibility index (Phi) is 4.71. The molecule has 0 aromatic heterocycles. The molecule has 0 radical (unpaired) electrons. The molecule has 7 heteroatoms. The van der Waals surface area contributed by atoms with E-state index in [0.29, 0.717) is 19.5 Å². The Morgan fingerprint density at radius 1 is 1.35 bits per heavy atom. The summed E-state index contributed by atoms with van der Waals surface area (Å²) in [5.74, 6) is -0.229. The Morgan fingerprint density at radius 3 is 2.55 bits per heavy atom. The van der Waals surface area contributed by atoms with E-state index in [-0.39, 0.29) is 17.9 Å². The van der Waals surface area contributed by atoms with E-state index in [2.05, 4.69) is 5.32 Å². The highest BCUT2D eigenvalue weighted by molar-refractivity contribution is 7.88. The summed E-state index contributed by atoms with van der Waals surface area (Å²) < 4.78 is 24.5. The number of carbonyl (C=O) groups is 1. The highest BCUT2D eigenvalue weighted by Gasteiger charge is 2.38. The molecular weight excluding hydrogens is 280 g/mol. The smallest absolute Gasteiger partial charge is 0.238 e. The quantitative estimate of drug-likeness (QED) is 0.753. The Bertz CT molecular complexity index is 457. The number of rotatable bonds is 5. The maximum Gasteiger partial charge on any atom is 0.238 e. The Hall–Kier alpha value is -0.660. The molecule has 1 saturated carbocycles. The van der Waals surface area contributed by atoms with Crippen molar-refractivity contribution in [2.75, 3.05) is 26.0 Å². The third-order valence-corrected chi connectivity index (χ3v) is 5.86.